The molecule has 7 heteroatoms. The van der Waals surface area contributed by atoms with Gasteiger partial charge in [-0.05, 0) is 24.6 Å². The predicted octanol–water partition coefficient (Wildman–Crippen LogP) is 2.58. The lowest BCUT2D eigenvalue weighted by molar-refractivity contribution is -0.274. The van der Waals surface area contributed by atoms with Crippen molar-refractivity contribution in [2.75, 3.05) is 14.2 Å². The maximum atomic E-state index is 12.1. The normalized spacial score (nSPS) is 12.9. The second kappa shape index (κ2) is 6.60. The number of hydrogen-bond donors (Lipinski definition) is 0. The molecule has 1 rings (SSSR count). The second-order valence-electron chi connectivity index (χ2n) is 4.27. The molecule has 0 aromatic heterocycles. The quantitative estimate of drug-likeness (QED) is 0.837. The molecule has 20 heavy (non-hydrogen) atoms. The molecule has 1 atom stereocenters. The number of rotatable bonds is 5. The number of alkyl halides is 3. The van der Waals surface area contributed by atoms with Crippen LogP contribution in [0.25, 0.3) is 0 Å². The van der Waals surface area contributed by atoms with Crippen molar-refractivity contribution >= 4 is 5.91 Å². The number of carbonyl (C=O) groups excluding carboxylic acids is 1. The number of benzene rings is 1. The Labute approximate surface area is 115 Å². The Morgan fingerprint density at radius 1 is 1.40 bits per heavy atom. The summed E-state index contributed by atoms with van der Waals surface area (Å²) < 4.78 is 45.1. The van der Waals surface area contributed by atoms with E-state index in [-0.39, 0.29) is 18.2 Å². The summed E-state index contributed by atoms with van der Waals surface area (Å²) in [6.07, 6.45) is -5.33. The lowest BCUT2D eigenvalue weighted by atomic mass is 10.2. The minimum Gasteiger partial charge on any atom is -0.406 e. The molecule has 112 valence electrons. The van der Waals surface area contributed by atoms with Crippen LogP contribution in [0.5, 0.6) is 5.75 Å². The van der Waals surface area contributed by atoms with Crippen LogP contribution in [0.1, 0.15) is 12.5 Å². The molecule has 0 aliphatic carbocycles. The molecule has 0 spiro atoms. The van der Waals surface area contributed by atoms with Gasteiger partial charge in [-0.1, -0.05) is 12.1 Å². The summed E-state index contributed by atoms with van der Waals surface area (Å²) in [7, 11) is 2.96. The summed E-state index contributed by atoms with van der Waals surface area (Å²) in [6.45, 7) is 1.77. The number of ether oxygens (including phenoxy) is 2. The average molecular weight is 291 g/mol. The lowest BCUT2D eigenvalue weighted by Crippen LogP contribution is -2.35. The number of likely N-dealkylation sites (N-methyl/N-ethyl adjacent to an activating group) is 1. The zero-order chi connectivity index (χ0) is 15.3. The van der Waals surface area contributed by atoms with Gasteiger partial charge in [0.1, 0.15) is 11.9 Å². The van der Waals surface area contributed by atoms with Crippen molar-refractivity contribution in [3.8, 4) is 5.75 Å². The summed E-state index contributed by atoms with van der Waals surface area (Å²) in [5.41, 5.74) is 0.533. The largest absolute Gasteiger partial charge is 0.573 e. The van der Waals surface area contributed by atoms with Gasteiger partial charge in [0.25, 0.3) is 5.91 Å². The topological polar surface area (TPSA) is 38.8 Å². The van der Waals surface area contributed by atoms with E-state index in [9.17, 15) is 18.0 Å². The highest BCUT2D eigenvalue weighted by molar-refractivity contribution is 5.80. The number of hydrogen-bond acceptors (Lipinski definition) is 3. The Morgan fingerprint density at radius 3 is 2.60 bits per heavy atom. The van der Waals surface area contributed by atoms with E-state index in [1.54, 1.807) is 20.0 Å². The molecule has 0 saturated heterocycles. The third-order valence-corrected chi connectivity index (χ3v) is 2.63. The minimum atomic E-state index is -4.73. The van der Waals surface area contributed by atoms with Crippen molar-refractivity contribution in [2.24, 2.45) is 0 Å². The summed E-state index contributed by atoms with van der Waals surface area (Å²) in [6, 6.07) is 5.50. The monoisotopic (exact) mass is 291 g/mol. The molecule has 0 heterocycles. The molecule has 1 amide bonds. The molecule has 0 bridgehead atoms. The smallest absolute Gasteiger partial charge is 0.406 e. The fourth-order valence-electron chi connectivity index (χ4n) is 1.60. The van der Waals surface area contributed by atoms with Crippen LogP contribution in [0.2, 0.25) is 0 Å². The molecule has 4 nitrogen and oxygen atoms in total. The number of methoxy groups -OCH3 is 1. The predicted molar refractivity (Wildman–Crippen MR) is 66.1 cm³/mol. The van der Waals surface area contributed by atoms with Crippen LogP contribution >= 0.6 is 0 Å². The van der Waals surface area contributed by atoms with E-state index in [4.69, 9.17) is 4.74 Å². The molecule has 0 aliphatic rings. The van der Waals surface area contributed by atoms with Crippen molar-refractivity contribution in [1.29, 1.82) is 0 Å². The molecular weight excluding hydrogens is 275 g/mol. The maximum Gasteiger partial charge on any atom is 0.573 e. The molecule has 0 fully saturated rings. The van der Waals surface area contributed by atoms with Crippen molar-refractivity contribution < 1.29 is 27.4 Å². The maximum absolute atomic E-state index is 12.1. The van der Waals surface area contributed by atoms with Gasteiger partial charge < -0.3 is 14.4 Å². The van der Waals surface area contributed by atoms with E-state index < -0.39 is 12.5 Å². The zero-order valence-corrected chi connectivity index (χ0v) is 11.4. The SMILES string of the molecule is COC(C)C(=O)N(C)Cc1cccc(OC(F)(F)F)c1. The first-order valence-electron chi connectivity index (χ1n) is 5.85. The van der Waals surface area contributed by atoms with E-state index in [1.165, 1.54) is 30.2 Å². The van der Waals surface area contributed by atoms with Gasteiger partial charge in [-0.2, -0.15) is 0 Å². The van der Waals surface area contributed by atoms with Crippen molar-refractivity contribution in [2.45, 2.75) is 25.9 Å². The average Bonchev–Trinajstić information content (AvgIpc) is 2.35. The Bertz CT molecular complexity index is 462. The first-order chi connectivity index (χ1) is 9.23. The van der Waals surface area contributed by atoms with Crippen LogP contribution in [0.3, 0.4) is 0 Å². The van der Waals surface area contributed by atoms with E-state index in [1.807, 2.05) is 0 Å². The van der Waals surface area contributed by atoms with Crippen LogP contribution in [-0.2, 0) is 16.1 Å². The highest BCUT2D eigenvalue weighted by atomic mass is 19.4. The van der Waals surface area contributed by atoms with Gasteiger partial charge >= 0.3 is 6.36 Å². The first kappa shape index (κ1) is 16.3. The van der Waals surface area contributed by atoms with Crippen LogP contribution < -0.4 is 4.74 Å². The highest BCUT2D eigenvalue weighted by Gasteiger charge is 2.31. The molecule has 1 aromatic carbocycles. The summed E-state index contributed by atoms with van der Waals surface area (Å²) in [5.74, 6) is -0.565. The Hall–Kier alpha value is -1.76. The van der Waals surface area contributed by atoms with Gasteiger partial charge in [0.05, 0.1) is 0 Å². The number of carbonyl (C=O) groups is 1. The van der Waals surface area contributed by atoms with E-state index in [0.717, 1.165) is 0 Å². The Kier molecular flexibility index (Phi) is 5.38. The molecule has 1 unspecified atom stereocenters. The second-order valence-corrected chi connectivity index (χ2v) is 4.27. The van der Waals surface area contributed by atoms with Gasteiger partial charge in [0.15, 0.2) is 0 Å². The summed E-state index contributed by atoms with van der Waals surface area (Å²) in [4.78, 5) is 13.2. The van der Waals surface area contributed by atoms with Crippen molar-refractivity contribution in [1.82, 2.24) is 4.90 Å². The Balaban J connectivity index is 2.73. The lowest BCUT2D eigenvalue weighted by Gasteiger charge is -2.21. The summed E-state index contributed by atoms with van der Waals surface area (Å²) >= 11 is 0. The molecule has 0 radical (unpaired) electrons. The Morgan fingerprint density at radius 2 is 2.05 bits per heavy atom. The third-order valence-electron chi connectivity index (χ3n) is 2.63. The van der Waals surface area contributed by atoms with Gasteiger partial charge in [-0.15, -0.1) is 13.2 Å². The number of amides is 1. The minimum absolute atomic E-state index is 0.168. The van der Waals surface area contributed by atoms with Gasteiger partial charge in [-0.3, -0.25) is 4.79 Å². The highest BCUT2D eigenvalue weighted by Crippen LogP contribution is 2.23. The number of halogens is 3. The summed E-state index contributed by atoms with van der Waals surface area (Å²) in [5, 5.41) is 0. The fourth-order valence-corrected chi connectivity index (χ4v) is 1.60. The fraction of sp³-hybridized carbons (Fsp3) is 0.462. The molecule has 1 aromatic rings. The van der Waals surface area contributed by atoms with Crippen LogP contribution in [0, 0.1) is 0 Å². The van der Waals surface area contributed by atoms with Gasteiger partial charge in [0, 0.05) is 20.7 Å². The van der Waals surface area contributed by atoms with E-state index >= 15 is 0 Å². The van der Waals surface area contributed by atoms with Crippen LogP contribution in [-0.4, -0.2) is 37.4 Å². The van der Waals surface area contributed by atoms with Gasteiger partial charge in [0.2, 0.25) is 0 Å². The third kappa shape index (κ3) is 5.08. The molecular formula is C13H16F3NO3. The van der Waals surface area contributed by atoms with Crippen molar-refractivity contribution in [3.05, 3.63) is 29.8 Å². The van der Waals surface area contributed by atoms with Crippen LogP contribution in [0.4, 0.5) is 13.2 Å². The molecule has 0 N–H and O–H groups in total. The first-order valence-corrected chi connectivity index (χ1v) is 5.85. The number of nitrogens with zero attached hydrogens (tertiary/aromatic N) is 1. The standard InChI is InChI=1S/C13H16F3NO3/c1-9(19-3)12(18)17(2)8-10-5-4-6-11(7-10)20-13(14,15)16/h4-7,9H,8H2,1-3H3. The zero-order valence-electron chi connectivity index (χ0n) is 11.4. The van der Waals surface area contributed by atoms with Crippen LogP contribution in [0.15, 0.2) is 24.3 Å². The molecule has 0 aliphatic heterocycles. The molecule has 0 saturated carbocycles. The van der Waals surface area contributed by atoms with E-state index in [2.05, 4.69) is 4.74 Å². The van der Waals surface area contributed by atoms with Gasteiger partial charge in [-0.25, -0.2) is 0 Å². The van der Waals surface area contributed by atoms with Crippen molar-refractivity contribution in [3.63, 3.8) is 0 Å². The van der Waals surface area contributed by atoms with E-state index in [0.29, 0.717) is 5.56 Å².